The lowest BCUT2D eigenvalue weighted by Crippen LogP contribution is -2.45. The van der Waals surface area contributed by atoms with Crippen molar-refractivity contribution in [1.29, 1.82) is 0 Å². The van der Waals surface area contributed by atoms with Crippen LogP contribution in [0.25, 0.3) is 0 Å². The van der Waals surface area contributed by atoms with Gasteiger partial charge < -0.3 is 15.6 Å². The van der Waals surface area contributed by atoms with E-state index in [1.165, 1.54) is 24.3 Å². The Labute approximate surface area is 82.3 Å². The summed E-state index contributed by atoms with van der Waals surface area (Å²) < 4.78 is 17.8. The summed E-state index contributed by atoms with van der Waals surface area (Å²) in [5, 5.41) is 8.85. The van der Waals surface area contributed by atoms with Gasteiger partial charge in [-0.05, 0) is 31.2 Å². The van der Waals surface area contributed by atoms with Crippen molar-refractivity contribution in [3.05, 3.63) is 30.1 Å². The zero-order valence-electron chi connectivity index (χ0n) is 8.03. The number of aliphatic hydroxyl groups excluding tert-OH is 1. The van der Waals surface area contributed by atoms with Gasteiger partial charge in [0.05, 0.1) is 12.1 Å². The molecule has 0 aromatic heterocycles. The molecule has 1 rings (SSSR count). The van der Waals surface area contributed by atoms with Crippen LogP contribution in [0.15, 0.2) is 24.3 Å². The average molecular weight is 199 g/mol. The molecule has 1 unspecified atom stereocenters. The lowest BCUT2D eigenvalue weighted by atomic mass is 10.1. The highest BCUT2D eigenvalue weighted by molar-refractivity contribution is 5.22. The molecule has 3 N–H and O–H groups in total. The molecule has 0 fully saturated rings. The number of aliphatic hydroxyl groups is 1. The van der Waals surface area contributed by atoms with Crippen molar-refractivity contribution < 1.29 is 14.2 Å². The second-order valence-electron chi connectivity index (χ2n) is 3.55. The molecule has 14 heavy (non-hydrogen) atoms. The number of hydrogen-bond acceptors (Lipinski definition) is 3. The van der Waals surface area contributed by atoms with Crippen molar-refractivity contribution in [1.82, 2.24) is 0 Å². The van der Waals surface area contributed by atoms with E-state index >= 15 is 0 Å². The second-order valence-corrected chi connectivity index (χ2v) is 3.55. The third-order valence-corrected chi connectivity index (χ3v) is 1.74. The summed E-state index contributed by atoms with van der Waals surface area (Å²) in [5.74, 6) is 0.228. The molecular weight excluding hydrogens is 185 g/mol. The van der Waals surface area contributed by atoms with Crippen LogP contribution in [-0.4, -0.2) is 23.9 Å². The van der Waals surface area contributed by atoms with Crippen LogP contribution in [0.1, 0.15) is 6.92 Å². The molecule has 78 valence electrons. The molecule has 0 saturated carbocycles. The van der Waals surface area contributed by atoms with Crippen LogP contribution in [0.4, 0.5) is 4.39 Å². The molecule has 3 nitrogen and oxygen atoms in total. The lowest BCUT2D eigenvalue weighted by molar-refractivity contribution is 0.146. The number of halogens is 1. The van der Waals surface area contributed by atoms with Crippen molar-refractivity contribution >= 4 is 0 Å². The van der Waals surface area contributed by atoms with Crippen LogP contribution < -0.4 is 10.5 Å². The highest BCUT2D eigenvalue weighted by atomic mass is 19.1. The molecule has 0 aliphatic rings. The van der Waals surface area contributed by atoms with Crippen LogP contribution in [0, 0.1) is 5.82 Å². The normalized spacial score (nSPS) is 14.9. The molecule has 0 heterocycles. The maximum atomic E-state index is 12.5. The monoisotopic (exact) mass is 199 g/mol. The predicted molar refractivity (Wildman–Crippen MR) is 51.6 cm³/mol. The summed E-state index contributed by atoms with van der Waals surface area (Å²) in [5.41, 5.74) is 4.88. The third-order valence-electron chi connectivity index (χ3n) is 1.74. The zero-order chi connectivity index (χ0) is 10.6. The molecule has 1 aromatic carbocycles. The van der Waals surface area contributed by atoms with E-state index < -0.39 is 5.54 Å². The molecule has 0 aliphatic heterocycles. The predicted octanol–water partition coefficient (Wildman–Crippen LogP) is 0.914. The number of benzene rings is 1. The number of hydrogen-bond donors (Lipinski definition) is 2. The number of ether oxygens (including phenoxy) is 1. The van der Waals surface area contributed by atoms with Gasteiger partial charge in [-0.3, -0.25) is 0 Å². The SMILES string of the molecule is CC(N)(CO)COc1ccc(F)cc1. The van der Waals surface area contributed by atoms with Crippen LogP contribution >= 0.6 is 0 Å². The zero-order valence-corrected chi connectivity index (χ0v) is 8.03. The molecule has 1 aromatic rings. The van der Waals surface area contributed by atoms with E-state index in [4.69, 9.17) is 15.6 Å². The summed E-state index contributed by atoms with van der Waals surface area (Å²) in [4.78, 5) is 0. The summed E-state index contributed by atoms with van der Waals surface area (Å²) in [6.45, 7) is 1.71. The first-order chi connectivity index (χ1) is 6.53. The van der Waals surface area contributed by atoms with E-state index in [0.29, 0.717) is 5.75 Å². The molecule has 0 spiro atoms. The molecule has 0 bridgehead atoms. The molecular formula is C10H14FNO2. The maximum Gasteiger partial charge on any atom is 0.123 e. The molecule has 0 amide bonds. The highest BCUT2D eigenvalue weighted by Crippen LogP contribution is 2.12. The number of nitrogens with two attached hydrogens (primary N) is 1. The summed E-state index contributed by atoms with van der Waals surface area (Å²) in [6.07, 6.45) is 0. The van der Waals surface area contributed by atoms with Gasteiger partial charge in [-0.1, -0.05) is 0 Å². The van der Waals surface area contributed by atoms with Crippen LogP contribution in [0.3, 0.4) is 0 Å². The first-order valence-electron chi connectivity index (χ1n) is 4.32. The van der Waals surface area contributed by atoms with E-state index in [1.54, 1.807) is 6.92 Å². The van der Waals surface area contributed by atoms with Gasteiger partial charge in [-0.25, -0.2) is 4.39 Å². The first kappa shape index (κ1) is 10.9. The Hall–Kier alpha value is -1.13. The topological polar surface area (TPSA) is 55.5 Å². The Bertz CT molecular complexity index is 285. The first-order valence-corrected chi connectivity index (χ1v) is 4.32. The van der Waals surface area contributed by atoms with E-state index in [-0.39, 0.29) is 19.0 Å². The standard InChI is InChI=1S/C10H14FNO2/c1-10(12,6-13)7-14-9-4-2-8(11)3-5-9/h2-5,13H,6-7,12H2,1H3. The van der Waals surface area contributed by atoms with Crippen molar-refractivity contribution in [2.45, 2.75) is 12.5 Å². The van der Waals surface area contributed by atoms with Gasteiger partial charge in [0.2, 0.25) is 0 Å². The fourth-order valence-corrected chi connectivity index (χ4v) is 0.825. The summed E-state index contributed by atoms with van der Waals surface area (Å²) in [6, 6.07) is 5.65. The molecule has 0 aliphatic carbocycles. The van der Waals surface area contributed by atoms with E-state index in [2.05, 4.69) is 0 Å². The third kappa shape index (κ3) is 3.32. The van der Waals surface area contributed by atoms with Crippen molar-refractivity contribution in [3.63, 3.8) is 0 Å². The molecule has 1 atom stereocenters. The van der Waals surface area contributed by atoms with Gasteiger partial charge in [0, 0.05) is 0 Å². The van der Waals surface area contributed by atoms with Crippen LogP contribution in [0.2, 0.25) is 0 Å². The Balaban J connectivity index is 2.50. The average Bonchev–Trinajstić information content (AvgIpc) is 2.17. The summed E-state index contributed by atoms with van der Waals surface area (Å²) >= 11 is 0. The van der Waals surface area contributed by atoms with Crippen molar-refractivity contribution in [3.8, 4) is 5.75 Å². The van der Waals surface area contributed by atoms with Gasteiger partial charge in [-0.2, -0.15) is 0 Å². The van der Waals surface area contributed by atoms with E-state index in [1.807, 2.05) is 0 Å². The van der Waals surface area contributed by atoms with Crippen molar-refractivity contribution in [2.75, 3.05) is 13.2 Å². The minimum absolute atomic E-state index is 0.159. The van der Waals surface area contributed by atoms with Crippen molar-refractivity contribution in [2.24, 2.45) is 5.73 Å². The Morgan fingerprint density at radius 2 is 2.00 bits per heavy atom. The Kier molecular flexibility index (Phi) is 3.43. The smallest absolute Gasteiger partial charge is 0.123 e. The maximum absolute atomic E-state index is 12.5. The molecule has 0 radical (unpaired) electrons. The van der Waals surface area contributed by atoms with Gasteiger partial charge in [-0.15, -0.1) is 0 Å². The quantitative estimate of drug-likeness (QED) is 0.758. The van der Waals surface area contributed by atoms with Gasteiger partial charge in [0.25, 0.3) is 0 Å². The van der Waals surface area contributed by atoms with Gasteiger partial charge >= 0.3 is 0 Å². The molecule has 0 saturated heterocycles. The van der Waals surface area contributed by atoms with Crippen LogP contribution in [-0.2, 0) is 0 Å². The Morgan fingerprint density at radius 3 is 2.50 bits per heavy atom. The fourth-order valence-electron chi connectivity index (χ4n) is 0.825. The Morgan fingerprint density at radius 1 is 1.43 bits per heavy atom. The second kappa shape index (κ2) is 4.39. The lowest BCUT2D eigenvalue weighted by Gasteiger charge is -2.21. The van der Waals surface area contributed by atoms with Gasteiger partial charge in [0.1, 0.15) is 18.2 Å². The highest BCUT2D eigenvalue weighted by Gasteiger charge is 2.17. The summed E-state index contributed by atoms with van der Waals surface area (Å²) in [7, 11) is 0. The minimum Gasteiger partial charge on any atom is -0.492 e. The fraction of sp³-hybridized carbons (Fsp3) is 0.400. The van der Waals surface area contributed by atoms with E-state index in [9.17, 15) is 4.39 Å². The molecule has 4 heteroatoms. The van der Waals surface area contributed by atoms with E-state index in [0.717, 1.165) is 0 Å². The number of rotatable bonds is 4. The van der Waals surface area contributed by atoms with Crippen LogP contribution in [0.5, 0.6) is 5.75 Å². The largest absolute Gasteiger partial charge is 0.492 e. The minimum atomic E-state index is -0.769. The van der Waals surface area contributed by atoms with Gasteiger partial charge in [0.15, 0.2) is 0 Å².